The van der Waals surface area contributed by atoms with E-state index < -0.39 is 10.8 Å². The summed E-state index contributed by atoms with van der Waals surface area (Å²) in [5.74, 6) is -0.853. The first-order valence-corrected chi connectivity index (χ1v) is 5.41. The first-order chi connectivity index (χ1) is 8.90. The van der Waals surface area contributed by atoms with Crippen molar-refractivity contribution in [1.82, 2.24) is 20.0 Å². The van der Waals surface area contributed by atoms with Gasteiger partial charge in [-0.1, -0.05) is 5.10 Å². The van der Waals surface area contributed by atoms with Gasteiger partial charge in [0.05, 0.1) is 23.1 Å². The molecule has 0 aromatic carbocycles. The number of anilines is 1. The molecule has 0 bridgehead atoms. The lowest BCUT2D eigenvalue weighted by Crippen LogP contribution is -2.13. The van der Waals surface area contributed by atoms with Crippen molar-refractivity contribution in [3.05, 3.63) is 33.3 Å². The monoisotopic (exact) mass is 264 g/mol. The Morgan fingerprint density at radius 2 is 2.21 bits per heavy atom. The van der Waals surface area contributed by atoms with Crippen LogP contribution in [-0.4, -0.2) is 30.8 Å². The predicted molar refractivity (Wildman–Crippen MR) is 65.9 cm³/mol. The van der Waals surface area contributed by atoms with E-state index in [1.807, 2.05) is 6.92 Å². The molecule has 0 unspecified atom stereocenters. The molecule has 2 aromatic rings. The van der Waals surface area contributed by atoms with Crippen LogP contribution in [0.5, 0.6) is 0 Å². The van der Waals surface area contributed by atoms with Gasteiger partial charge in [0, 0.05) is 7.05 Å². The summed E-state index contributed by atoms with van der Waals surface area (Å²) in [6.07, 6.45) is 0. The number of hydrogen-bond acceptors (Lipinski definition) is 5. The summed E-state index contributed by atoms with van der Waals surface area (Å²) in [6, 6.07) is 1.08. The number of hydrogen-bond donors (Lipinski definition) is 2. The third kappa shape index (κ3) is 2.30. The number of nitrogens with zero attached hydrogens (tertiary/aromatic N) is 4. The fourth-order valence-corrected chi connectivity index (χ4v) is 1.65. The fourth-order valence-electron chi connectivity index (χ4n) is 1.65. The van der Waals surface area contributed by atoms with Gasteiger partial charge in [0.2, 0.25) is 0 Å². The highest BCUT2D eigenvalue weighted by molar-refractivity contribution is 6.03. The molecule has 1 amide bonds. The smallest absolute Gasteiger partial charge is 0.343 e. The predicted octanol–water partition coefficient (Wildman–Crippen LogP) is 0.921. The summed E-state index contributed by atoms with van der Waals surface area (Å²) in [6.45, 7) is 3.57. The van der Waals surface area contributed by atoms with Crippen LogP contribution >= 0.6 is 0 Å². The minimum absolute atomic E-state index is 0.0469. The summed E-state index contributed by atoms with van der Waals surface area (Å²) >= 11 is 0. The summed E-state index contributed by atoms with van der Waals surface area (Å²) in [4.78, 5) is 21.8. The topological polar surface area (TPSA) is 119 Å². The highest BCUT2D eigenvalue weighted by atomic mass is 16.6. The Morgan fingerprint density at radius 3 is 2.68 bits per heavy atom. The number of amides is 1. The molecule has 0 atom stereocenters. The molecule has 2 rings (SSSR count). The normalized spacial score (nSPS) is 10.5. The van der Waals surface area contributed by atoms with E-state index in [2.05, 4.69) is 20.6 Å². The van der Waals surface area contributed by atoms with Crippen LogP contribution in [0, 0.1) is 24.0 Å². The molecular weight excluding hydrogens is 252 g/mol. The lowest BCUT2D eigenvalue weighted by atomic mass is 10.3. The number of H-pyrrole nitrogens is 1. The quantitative estimate of drug-likeness (QED) is 0.631. The van der Waals surface area contributed by atoms with Crippen molar-refractivity contribution in [2.24, 2.45) is 7.05 Å². The number of aromatic nitrogens is 4. The van der Waals surface area contributed by atoms with Crippen LogP contribution in [0.4, 0.5) is 11.5 Å². The number of carbonyl (C=O) groups is 1. The minimum atomic E-state index is -0.648. The van der Waals surface area contributed by atoms with Crippen molar-refractivity contribution in [3.8, 4) is 0 Å². The average Bonchev–Trinajstić information content (AvgIpc) is 2.91. The van der Waals surface area contributed by atoms with Gasteiger partial charge in [-0.2, -0.15) is 5.10 Å². The highest BCUT2D eigenvalue weighted by Crippen LogP contribution is 2.19. The van der Waals surface area contributed by atoms with E-state index in [9.17, 15) is 14.9 Å². The lowest BCUT2D eigenvalue weighted by Gasteiger charge is -2.02. The Hall–Kier alpha value is -2.71. The van der Waals surface area contributed by atoms with Gasteiger partial charge in [-0.05, 0) is 18.8 Å². The van der Waals surface area contributed by atoms with Crippen LogP contribution in [-0.2, 0) is 7.05 Å². The highest BCUT2D eigenvalue weighted by Gasteiger charge is 2.19. The van der Waals surface area contributed by atoms with Gasteiger partial charge in [-0.3, -0.25) is 9.48 Å². The van der Waals surface area contributed by atoms with Crippen LogP contribution in [0.1, 0.15) is 21.9 Å². The van der Waals surface area contributed by atoms with Crippen LogP contribution in [0.2, 0.25) is 0 Å². The second-order valence-electron chi connectivity index (χ2n) is 4.02. The first-order valence-electron chi connectivity index (χ1n) is 5.41. The van der Waals surface area contributed by atoms with E-state index in [-0.39, 0.29) is 11.5 Å². The van der Waals surface area contributed by atoms with E-state index in [4.69, 9.17) is 0 Å². The molecule has 19 heavy (non-hydrogen) atoms. The van der Waals surface area contributed by atoms with Crippen molar-refractivity contribution in [2.75, 3.05) is 5.32 Å². The molecule has 0 radical (unpaired) electrons. The molecule has 2 N–H and O–H groups in total. The zero-order valence-corrected chi connectivity index (χ0v) is 10.6. The minimum Gasteiger partial charge on any atom is -0.358 e. The number of nitrogens with one attached hydrogen (secondary N) is 2. The fraction of sp³-hybridized carbons (Fsp3) is 0.300. The molecule has 0 aliphatic rings. The molecule has 0 fully saturated rings. The van der Waals surface area contributed by atoms with Crippen LogP contribution < -0.4 is 5.32 Å². The molecule has 0 aliphatic heterocycles. The molecule has 100 valence electrons. The van der Waals surface area contributed by atoms with Gasteiger partial charge in [0.25, 0.3) is 5.91 Å². The molecule has 9 heteroatoms. The maximum atomic E-state index is 11.9. The molecule has 2 heterocycles. The molecule has 2 aromatic heterocycles. The Morgan fingerprint density at radius 1 is 1.53 bits per heavy atom. The average molecular weight is 264 g/mol. The first kappa shape index (κ1) is 12.7. The molecule has 0 spiro atoms. The van der Waals surface area contributed by atoms with E-state index in [0.29, 0.717) is 11.4 Å². The summed E-state index contributed by atoms with van der Waals surface area (Å²) < 4.78 is 1.64. The standard InChI is InChI=1S/C10H12N6O3/c1-5-9(6(2)15(3)14-5)11-10(17)7-4-8(13-12-7)16(18)19/h4H,1-3H3,(H,11,17)(H,12,13). The van der Waals surface area contributed by atoms with Crippen molar-refractivity contribution >= 4 is 17.4 Å². The lowest BCUT2D eigenvalue weighted by molar-refractivity contribution is -0.389. The molecule has 0 saturated heterocycles. The van der Waals surface area contributed by atoms with Gasteiger partial charge in [0.1, 0.15) is 0 Å². The van der Waals surface area contributed by atoms with E-state index in [0.717, 1.165) is 11.8 Å². The Kier molecular flexibility index (Phi) is 3.03. The van der Waals surface area contributed by atoms with E-state index >= 15 is 0 Å². The summed E-state index contributed by atoms with van der Waals surface area (Å²) in [5.41, 5.74) is 1.99. The number of carbonyl (C=O) groups excluding carboxylic acids is 1. The van der Waals surface area contributed by atoms with Gasteiger partial charge >= 0.3 is 5.82 Å². The van der Waals surface area contributed by atoms with Crippen molar-refractivity contribution in [1.29, 1.82) is 0 Å². The van der Waals surface area contributed by atoms with Crippen molar-refractivity contribution < 1.29 is 9.72 Å². The second-order valence-corrected chi connectivity index (χ2v) is 4.02. The van der Waals surface area contributed by atoms with Crippen molar-refractivity contribution in [3.63, 3.8) is 0 Å². The third-order valence-electron chi connectivity index (χ3n) is 2.74. The Labute approximate surface area is 107 Å². The number of nitro groups is 1. The summed E-state index contributed by atoms with van der Waals surface area (Å²) in [7, 11) is 1.76. The SMILES string of the molecule is Cc1nn(C)c(C)c1NC(=O)c1cc([N+](=O)[O-])[nH]n1. The van der Waals surface area contributed by atoms with Crippen molar-refractivity contribution in [2.45, 2.75) is 13.8 Å². The second kappa shape index (κ2) is 4.52. The molecule has 0 saturated carbocycles. The van der Waals surface area contributed by atoms with Crippen LogP contribution in [0.25, 0.3) is 0 Å². The zero-order valence-electron chi connectivity index (χ0n) is 10.6. The maximum Gasteiger partial charge on any atom is 0.343 e. The van der Waals surface area contributed by atoms with Gasteiger partial charge in [-0.25, -0.2) is 0 Å². The van der Waals surface area contributed by atoms with Crippen LogP contribution in [0.3, 0.4) is 0 Å². The molecule has 9 nitrogen and oxygen atoms in total. The van der Waals surface area contributed by atoms with Gasteiger partial charge < -0.3 is 15.4 Å². The van der Waals surface area contributed by atoms with E-state index in [1.54, 1.807) is 18.7 Å². The summed E-state index contributed by atoms with van der Waals surface area (Å²) in [5, 5.41) is 23.1. The Bertz CT molecular complexity index is 656. The molecular formula is C10H12N6O3. The van der Waals surface area contributed by atoms with Gasteiger partial charge in [-0.15, -0.1) is 5.10 Å². The van der Waals surface area contributed by atoms with Gasteiger partial charge in [0.15, 0.2) is 5.69 Å². The number of aryl methyl sites for hydroxylation is 2. The maximum absolute atomic E-state index is 11.9. The van der Waals surface area contributed by atoms with Crippen LogP contribution in [0.15, 0.2) is 6.07 Å². The van der Waals surface area contributed by atoms with E-state index in [1.165, 1.54) is 0 Å². The Balaban J connectivity index is 2.23. The number of rotatable bonds is 3. The third-order valence-corrected chi connectivity index (χ3v) is 2.74. The number of aromatic amines is 1. The zero-order chi connectivity index (χ0) is 14.2. The largest absolute Gasteiger partial charge is 0.358 e. The molecule has 0 aliphatic carbocycles.